The minimum absolute atomic E-state index is 0.00529. The van der Waals surface area contributed by atoms with Gasteiger partial charge in [-0.05, 0) is 41.8 Å². The lowest BCUT2D eigenvalue weighted by molar-refractivity contribution is -0.137. The van der Waals surface area contributed by atoms with Crippen LogP contribution >= 0.6 is 0 Å². The normalized spacial score (nSPS) is 15.6. The lowest BCUT2D eigenvalue weighted by Gasteiger charge is -2.16. The van der Waals surface area contributed by atoms with Crippen molar-refractivity contribution in [3.8, 4) is 5.75 Å². The fraction of sp³-hybridized carbons (Fsp3) is 0.292. The third-order valence-corrected chi connectivity index (χ3v) is 4.84. The van der Waals surface area contributed by atoms with Crippen LogP contribution in [-0.2, 0) is 16.0 Å². The van der Waals surface area contributed by atoms with Gasteiger partial charge in [-0.3, -0.25) is 14.6 Å². The van der Waals surface area contributed by atoms with Crippen LogP contribution in [0.5, 0.6) is 5.75 Å². The maximum Gasteiger partial charge on any atom is 0.303 e. The van der Waals surface area contributed by atoms with Gasteiger partial charge < -0.3 is 15.2 Å². The smallest absolute Gasteiger partial charge is 0.303 e. The molecule has 1 aliphatic heterocycles. The molecule has 0 bridgehead atoms. The highest BCUT2D eigenvalue weighted by Gasteiger charge is 2.16. The van der Waals surface area contributed by atoms with E-state index in [1.54, 1.807) is 12.3 Å². The van der Waals surface area contributed by atoms with E-state index in [-0.39, 0.29) is 18.1 Å². The van der Waals surface area contributed by atoms with Crippen molar-refractivity contribution in [3.05, 3.63) is 78.0 Å². The number of aliphatic imine (C=N–C) groups is 1. The summed E-state index contributed by atoms with van der Waals surface area (Å²) in [6, 6.07) is 17.5. The van der Waals surface area contributed by atoms with Gasteiger partial charge in [0.15, 0.2) is 5.84 Å². The average molecular weight is 406 g/mol. The molecule has 2 N–H and O–H groups in total. The first-order valence-electron chi connectivity index (χ1n) is 10.1. The molecule has 0 saturated heterocycles. The highest BCUT2D eigenvalue weighted by atomic mass is 16.5. The molecule has 0 unspecified atom stereocenters. The van der Waals surface area contributed by atoms with Crippen molar-refractivity contribution in [2.45, 2.75) is 31.6 Å². The SMILES string of the molecule is O=C(O)C[C@H](Cc1ccc(OCCCN=C2NC=CCC2=O)cc1)c1ccccc1. The summed E-state index contributed by atoms with van der Waals surface area (Å²) in [5, 5.41) is 12.1. The number of rotatable bonds is 10. The summed E-state index contributed by atoms with van der Waals surface area (Å²) in [7, 11) is 0. The molecule has 0 amide bonds. The van der Waals surface area contributed by atoms with Crippen LogP contribution in [0.1, 0.15) is 36.3 Å². The van der Waals surface area contributed by atoms with Gasteiger partial charge in [-0.1, -0.05) is 48.5 Å². The summed E-state index contributed by atoms with van der Waals surface area (Å²) in [4.78, 5) is 27.2. The Morgan fingerprint density at radius 2 is 1.90 bits per heavy atom. The molecule has 30 heavy (non-hydrogen) atoms. The number of nitrogens with zero attached hydrogens (tertiary/aromatic N) is 1. The third-order valence-electron chi connectivity index (χ3n) is 4.84. The molecular formula is C24H26N2O4. The highest BCUT2D eigenvalue weighted by Crippen LogP contribution is 2.25. The molecule has 0 aliphatic carbocycles. The Balaban J connectivity index is 1.48. The number of carboxylic acid groups (broad SMARTS) is 1. The lowest BCUT2D eigenvalue weighted by Crippen LogP contribution is -2.30. The molecule has 3 rings (SSSR count). The van der Waals surface area contributed by atoms with Gasteiger partial charge in [0.2, 0.25) is 5.78 Å². The van der Waals surface area contributed by atoms with E-state index in [9.17, 15) is 14.7 Å². The largest absolute Gasteiger partial charge is 0.494 e. The van der Waals surface area contributed by atoms with Crippen LogP contribution in [0.3, 0.4) is 0 Å². The number of aliphatic carboxylic acids is 1. The number of nitrogens with one attached hydrogen (secondary N) is 1. The van der Waals surface area contributed by atoms with Gasteiger partial charge >= 0.3 is 5.97 Å². The van der Waals surface area contributed by atoms with E-state index in [1.807, 2.05) is 54.6 Å². The minimum atomic E-state index is -0.798. The Bertz CT molecular complexity index is 905. The predicted molar refractivity (Wildman–Crippen MR) is 116 cm³/mol. The molecule has 1 aliphatic rings. The van der Waals surface area contributed by atoms with Gasteiger partial charge in [0.05, 0.1) is 13.0 Å². The molecule has 0 spiro atoms. The molecule has 0 fully saturated rings. The second-order valence-corrected chi connectivity index (χ2v) is 7.16. The van der Waals surface area contributed by atoms with E-state index in [1.165, 1.54) is 0 Å². The molecule has 2 aromatic carbocycles. The number of ketones is 1. The van der Waals surface area contributed by atoms with Crippen LogP contribution in [0.4, 0.5) is 0 Å². The number of allylic oxidation sites excluding steroid dienone is 1. The Morgan fingerprint density at radius 1 is 1.13 bits per heavy atom. The van der Waals surface area contributed by atoms with E-state index >= 15 is 0 Å². The maximum absolute atomic E-state index is 11.6. The number of amidine groups is 1. The van der Waals surface area contributed by atoms with E-state index in [0.29, 0.717) is 38.2 Å². The lowest BCUT2D eigenvalue weighted by atomic mass is 9.89. The molecule has 1 heterocycles. The summed E-state index contributed by atoms with van der Waals surface area (Å²) >= 11 is 0. The second-order valence-electron chi connectivity index (χ2n) is 7.16. The number of carbonyl (C=O) groups is 2. The summed E-state index contributed by atoms with van der Waals surface area (Å²) in [6.07, 6.45) is 5.36. The molecule has 0 saturated carbocycles. The van der Waals surface area contributed by atoms with Gasteiger partial charge in [0.1, 0.15) is 5.75 Å². The first-order chi connectivity index (χ1) is 14.6. The zero-order valence-corrected chi connectivity index (χ0v) is 16.8. The van der Waals surface area contributed by atoms with Gasteiger partial charge in [-0.25, -0.2) is 0 Å². The number of carboxylic acids is 1. The van der Waals surface area contributed by atoms with E-state index in [4.69, 9.17) is 4.74 Å². The molecular weight excluding hydrogens is 380 g/mol. The minimum Gasteiger partial charge on any atom is -0.494 e. The van der Waals surface area contributed by atoms with Crippen LogP contribution in [0.15, 0.2) is 71.9 Å². The fourth-order valence-corrected chi connectivity index (χ4v) is 3.31. The van der Waals surface area contributed by atoms with Crippen molar-refractivity contribution in [1.82, 2.24) is 5.32 Å². The standard InChI is InChI=1S/C24H26N2O4/c27-22-8-4-13-25-24(22)26-14-5-15-30-21-11-9-18(10-12-21)16-20(17-23(28)29)19-6-2-1-3-7-19/h1-4,6-7,9-13,20H,5,8,14-17H2,(H,25,26)(H,28,29)/t20-/m0/s1. The van der Waals surface area contributed by atoms with Gasteiger partial charge in [-0.2, -0.15) is 0 Å². The maximum atomic E-state index is 11.6. The Kier molecular flexibility index (Phi) is 7.78. The van der Waals surface area contributed by atoms with Crippen LogP contribution in [0, 0.1) is 0 Å². The number of hydrogen-bond donors (Lipinski definition) is 2. The van der Waals surface area contributed by atoms with Crippen LogP contribution in [0.2, 0.25) is 0 Å². The molecule has 2 aromatic rings. The Hall–Kier alpha value is -3.41. The first kappa shape index (κ1) is 21.3. The van der Waals surface area contributed by atoms with Gasteiger partial charge in [-0.15, -0.1) is 0 Å². The number of ether oxygens (including phenoxy) is 1. The summed E-state index contributed by atoms with van der Waals surface area (Å²) in [5.74, 6) is 0.312. The highest BCUT2D eigenvalue weighted by molar-refractivity contribution is 6.40. The predicted octanol–water partition coefficient (Wildman–Crippen LogP) is 3.73. The fourth-order valence-electron chi connectivity index (χ4n) is 3.31. The third kappa shape index (κ3) is 6.58. The molecule has 6 heteroatoms. The van der Waals surface area contributed by atoms with Gasteiger partial charge in [0.25, 0.3) is 0 Å². The monoisotopic (exact) mass is 406 g/mol. The Labute approximate surface area is 176 Å². The molecule has 6 nitrogen and oxygen atoms in total. The molecule has 1 atom stereocenters. The van der Waals surface area contributed by atoms with Crippen molar-refractivity contribution in [2.24, 2.45) is 4.99 Å². The molecule has 0 aromatic heterocycles. The van der Waals surface area contributed by atoms with Crippen LogP contribution in [0.25, 0.3) is 0 Å². The zero-order chi connectivity index (χ0) is 21.2. The molecule has 0 radical (unpaired) electrons. The quantitative estimate of drug-likeness (QED) is 0.587. The van der Waals surface area contributed by atoms with Crippen molar-refractivity contribution >= 4 is 17.6 Å². The van der Waals surface area contributed by atoms with E-state index in [0.717, 1.165) is 16.9 Å². The number of hydrogen-bond acceptors (Lipinski definition) is 4. The van der Waals surface area contributed by atoms with Gasteiger partial charge in [0, 0.05) is 19.4 Å². The van der Waals surface area contributed by atoms with Crippen molar-refractivity contribution in [1.29, 1.82) is 0 Å². The molecule has 156 valence electrons. The average Bonchev–Trinajstić information content (AvgIpc) is 2.76. The van der Waals surface area contributed by atoms with Crippen molar-refractivity contribution in [3.63, 3.8) is 0 Å². The van der Waals surface area contributed by atoms with E-state index in [2.05, 4.69) is 10.3 Å². The van der Waals surface area contributed by atoms with Crippen LogP contribution in [-0.4, -0.2) is 35.8 Å². The summed E-state index contributed by atoms with van der Waals surface area (Å²) < 4.78 is 5.75. The van der Waals surface area contributed by atoms with Crippen molar-refractivity contribution in [2.75, 3.05) is 13.2 Å². The zero-order valence-electron chi connectivity index (χ0n) is 16.8. The van der Waals surface area contributed by atoms with Crippen molar-refractivity contribution < 1.29 is 19.4 Å². The first-order valence-corrected chi connectivity index (χ1v) is 10.1. The second kappa shape index (κ2) is 11.0. The topological polar surface area (TPSA) is 88.0 Å². The Morgan fingerprint density at radius 3 is 2.60 bits per heavy atom. The summed E-state index contributed by atoms with van der Waals surface area (Å²) in [5.41, 5.74) is 2.10. The number of Topliss-reactive ketones (excluding diaryl/α,β-unsaturated/α-hetero) is 1. The summed E-state index contributed by atoms with van der Waals surface area (Å²) in [6.45, 7) is 1.03. The number of carbonyl (C=O) groups excluding carboxylic acids is 1. The van der Waals surface area contributed by atoms with Crippen LogP contribution < -0.4 is 10.1 Å². The number of benzene rings is 2. The van der Waals surface area contributed by atoms with E-state index < -0.39 is 5.97 Å².